The molecule has 1 aliphatic rings. The second-order valence-electron chi connectivity index (χ2n) is 4.29. The number of ether oxygens (including phenoxy) is 1. The largest absolute Gasteiger partial charge is 0.465 e. The van der Waals surface area contributed by atoms with Crippen molar-refractivity contribution in [2.75, 3.05) is 6.61 Å². The molecule has 1 saturated carbocycles. The van der Waals surface area contributed by atoms with E-state index in [0.717, 1.165) is 6.42 Å². The summed E-state index contributed by atoms with van der Waals surface area (Å²) in [4.78, 5) is 11.1. The quantitative estimate of drug-likeness (QED) is 0.512. The lowest BCUT2D eigenvalue weighted by Gasteiger charge is -2.13. The monoisotopic (exact) mass is 198 g/mol. The van der Waals surface area contributed by atoms with E-state index in [-0.39, 0.29) is 5.97 Å². The van der Waals surface area contributed by atoms with Crippen molar-refractivity contribution in [2.45, 2.75) is 58.3 Å². The molecule has 0 heterocycles. The van der Waals surface area contributed by atoms with Crippen LogP contribution in [0.5, 0.6) is 0 Å². The molecule has 0 aromatic rings. The van der Waals surface area contributed by atoms with Gasteiger partial charge in [0.05, 0.1) is 6.61 Å². The molecule has 0 spiro atoms. The van der Waals surface area contributed by atoms with Crippen molar-refractivity contribution in [3.63, 3.8) is 0 Å². The fourth-order valence-electron chi connectivity index (χ4n) is 2.02. The summed E-state index contributed by atoms with van der Waals surface area (Å²) < 4.78 is 5.24. The smallest absolute Gasteiger partial charge is 0.305 e. The maximum absolute atomic E-state index is 11.1. The van der Waals surface area contributed by atoms with Gasteiger partial charge >= 0.3 is 5.97 Å². The zero-order valence-corrected chi connectivity index (χ0v) is 9.26. The average molecular weight is 198 g/mol. The summed E-state index contributed by atoms with van der Waals surface area (Å²) in [6.45, 7) is 2.67. The normalized spacial score (nSPS) is 18.9. The molecule has 0 saturated heterocycles. The summed E-state index contributed by atoms with van der Waals surface area (Å²) >= 11 is 0. The van der Waals surface area contributed by atoms with E-state index in [1.165, 1.54) is 38.5 Å². The van der Waals surface area contributed by atoms with Crippen LogP contribution in [0.15, 0.2) is 0 Å². The van der Waals surface area contributed by atoms with E-state index in [1.807, 2.05) is 6.92 Å². The van der Waals surface area contributed by atoms with E-state index in [9.17, 15) is 4.79 Å². The lowest BCUT2D eigenvalue weighted by atomic mass is 10.0. The minimum absolute atomic E-state index is 0.0169. The Morgan fingerprint density at radius 3 is 2.43 bits per heavy atom. The molecule has 0 bridgehead atoms. The first-order chi connectivity index (χ1) is 6.83. The van der Waals surface area contributed by atoms with Gasteiger partial charge in [0.2, 0.25) is 0 Å². The van der Waals surface area contributed by atoms with Gasteiger partial charge in [0.25, 0.3) is 0 Å². The zero-order valence-electron chi connectivity index (χ0n) is 9.26. The molecular formula is C12H22O2. The van der Waals surface area contributed by atoms with Crippen LogP contribution < -0.4 is 0 Å². The average Bonchev–Trinajstić information content (AvgIpc) is 2.43. The minimum atomic E-state index is -0.0169. The van der Waals surface area contributed by atoms with Gasteiger partial charge in [-0.15, -0.1) is 0 Å². The molecule has 2 heteroatoms. The highest BCUT2D eigenvalue weighted by molar-refractivity contribution is 5.69. The molecule has 0 aliphatic heterocycles. The van der Waals surface area contributed by atoms with Crippen molar-refractivity contribution in [3.8, 4) is 0 Å². The van der Waals surface area contributed by atoms with Gasteiger partial charge in [0, 0.05) is 6.42 Å². The van der Waals surface area contributed by atoms with Crippen LogP contribution in [0.25, 0.3) is 0 Å². The van der Waals surface area contributed by atoms with Crippen molar-refractivity contribution in [2.24, 2.45) is 5.92 Å². The van der Waals surface area contributed by atoms with Crippen LogP contribution in [-0.2, 0) is 9.53 Å². The van der Waals surface area contributed by atoms with Crippen molar-refractivity contribution >= 4 is 5.97 Å². The fourth-order valence-corrected chi connectivity index (χ4v) is 2.02. The highest BCUT2D eigenvalue weighted by Crippen LogP contribution is 2.22. The van der Waals surface area contributed by atoms with Gasteiger partial charge in [-0.1, -0.05) is 32.6 Å². The lowest BCUT2D eigenvalue weighted by molar-refractivity contribution is -0.145. The van der Waals surface area contributed by atoms with Crippen molar-refractivity contribution < 1.29 is 9.53 Å². The number of esters is 1. The summed E-state index contributed by atoms with van der Waals surface area (Å²) in [5, 5.41) is 0. The summed E-state index contributed by atoms with van der Waals surface area (Å²) in [5.74, 6) is 0.620. The topological polar surface area (TPSA) is 26.3 Å². The SMILES string of the molecule is CCCC(=O)OCC1CCCCCC1. The van der Waals surface area contributed by atoms with E-state index < -0.39 is 0 Å². The van der Waals surface area contributed by atoms with Crippen LogP contribution in [0.4, 0.5) is 0 Å². The Labute approximate surface area is 87.0 Å². The van der Waals surface area contributed by atoms with Crippen LogP contribution in [-0.4, -0.2) is 12.6 Å². The summed E-state index contributed by atoms with van der Waals surface area (Å²) in [6.07, 6.45) is 9.32. The van der Waals surface area contributed by atoms with E-state index in [4.69, 9.17) is 4.74 Å². The van der Waals surface area contributed by atoms with Gasteiger partial charge in [-0.05, 0) is 25.2 Å². The van der Waals surface area contributed by atoms with Gasteiger partial charge in [-0.2, -0.15) is 0 Å². The first-order valence-electron chi connectivity index (χ1n) is 5.98. The molecule has 14 heavy (non-hydrogen) atoms. The molecule has 82 valence electrons. The molecule has 0 atom stereocenters. The highest BCUT2D eigenvalue weighted by atomic mass is 16.5. The molecule has 0 amide bonds. The molecular weight excluding hydrogens is 176 g/mol. The van der Waals surface area contributed by atoms with E-state index in [1.54, 1.807) is 0 Å². The Morgan fingerprint density at radius 2 is 1.86 bits per heavy atom. The van der Waals surface area contributed by atoms with Crippen LogP contribution >= 0.6 is 0 Å². The number of rotatable bonds is 4. The number of hydrogen-bond acceptors (Lipinski definition) is 2. The third-order valence-corrected chi connectivity index (χ3v) is 2.91. The number of hydrogen-bond donors (Lipinski definition) is 0. The van der Waals surface area contributed by atoms with Gasteiger partial charge in [0.1, 0.15) is 0 Å². The number of carbonyl (C=O) groups is 1. The first kappa shape index (κ1) is 11.5. The summed E-state index contributed by atoms with van der Waals surface area (Å²) in [6, 6.07) is 0. The van der Waals surface area contributed by atoms with Crippen LogP contribution in [0, 0.1) is 5.92 Å². The molecule has 0 unspecified atom stereocenters. The Kier molecular flexibility index (Phi) is 5.65. The van der Waals surface area contributed by atoms with Gasteiger partial charge < -0.3 is 4.74 Å². The Morgan fingerprint density at radius 1 is 1.21 bits per heavy atom. The fraction of sp³-hybridized carbons (Fsp3) is 0.917. The Hall–Kier alpha value is -0.530. The molecule has 2 nitrogen and oxygen atoms in total. The zero-order chi connectivity index (χ0) is 10.2. The lowest BCUT2D eigenvalue weighted by Crippen LogP contribution is -2.13. The van der Waals surface area contributed by atoms with E-state index in [0.29, 0.717) is 18.9 Å². The van der Waals surface area contributed by atoms with Gasteiger partial charge in [-0.3, -0.25) is 4.79 Å². The van der Waals surface area contributed by atoms with Crippen LogP contribution in [0.1, 0.15) is 58.3 Å². The minimum Gasteiger partial charge on any atom is -0.465 e. The van der Waals surface area contributed by atoms with E-state index in [2.05, 4.69) is 0 Å². The molecule has 0 aromatic carbocycles. The van der Waals surface area contributed by atoms with Crippen molar-refractivity contribution in [3.05, 3.63) is 0 Å². The Bertz CT molecular complexity index is 158. The Balaban J connectivity index is 2.12. The molecule has 0 aromatic heterocycles. The second kappa shape index (κ2) is 6.86. The van der Waals surface area contributed by atoms with Crippen molar-refractivity contribution in [1.82, 2.24) is 0 Å². The summed E-state index contributed by atoms with van der Waals surface area (Å²) in [7, 11) is 0. The van der Waals surface area contributed by atoms with Gasteiger partial charge in [-0.25, -0.2) is 0 Å². The van der Waals surface area contributed by atoms with Crippen LogP contribution in [0.3, 0.4) is 0 Å². The molecule has 1 fully saturated rings. The van der Waals surface area contributed by atoms with Crippen molar-refractivity contribution in [1.29, 1.82) is 0 Å². The standard InChI is InChI=1S/C12H22O2/c1-2-7-12(13)14-10-11-8-5-3-4-6-9-11/h11H,2-10H2,1H3. The summed E-state index contributed by atoms with van der Waals surface area (Å²) in [5.41, 5.74) is 0. The second-order valence-corrected chi connectivity index (χ2v) is 4.29. The van der Waals surface area contributed by atoms with Crippen LogP contribution in [0.2, 0.25) is 0 Å². The van der Waals surface area contributed by atoms with Gasteiger partial charge in [0.15, 0.2) is 0 Å². The predicted molar refractivity (Wildman–Crippen MR) is 57.1 cm³/mol. The maximum Gasteiger partial charge on any atom is 0.305 e. The molecule has 1 aliphatic carbocycles. The number of carbonyl (C=O) groups excluding carboxylic acids is 1. The maximum atomic E-state index is 11.1. The third-order valence-electron chi connectivity index (χ3n) is 2.91. The van der Waals surface area contributed by atoms with E-state index >= 15 is 0 Å². The molecule has 1 rings (SSSR count). The first-order valence-corrected chi connectivity index (χ1v) is 5.98. The highest BCUT2D eigenvalue weighted by Gasteiger charge is 2.13. The third kappa shape index (κ3) is 4.64. The predicted octanol–water partition coefficient (Wildman–Crippen LogP) is 3.30. The molecule has 0 radical (unpaired) electrons. The molecule has 0 N–H and O–H groups in total.